The predicted molar refractivity (Wildman–Crippen MR) is 106 cm³/mol. The molecule has 0 heterocycles. The molecular weight excluding hydrogens is 350 g/mol. The molecule has 1 aliphatic rings. The standard InChI is InChI=1S/C20H23N3O2.ClH/c1-23(17-8-3-2-4-9-17)20(25)16-7-5-6-15(12-16)19(24)22-13-18(21)14-10-11-14;/h2-9,12,14,18H,10-11,13,21H2,1H3,(H,22,24);1H. The number of carbonyl (C=O) groups excluding carboxylic acids is 2. The van der Waals surface area contributed by atoms with Crippen LogP contribution in [-0.2, 0) is 0 Å². The normalized spacial score (nSPS) is 14.1. The Kier molecular flexibility index (Phi) is 6.77. The Bertz CT molecular complexity index is 763. The van der Waals surface area contributed by atoms with Gasteiger partial charge in [-0.05, 0) is 49.1 Å². The van der Waals surface area contributed by atoms with Gasteiger partial charge in [-0.25, -0.2) is 0 Å². The van der Waals surface area contributed by atoms with E-state index in [-0.39, 0.29) is 30.3 Å². The van der Waals surface area contributed by atoms with Crippen molar-refractivity contribution in [2.45, 2.75) is 18.9 Å². The van der Waals surface area contributed by atoms with E-state index in [0.29, 0.717) is 23.6 Å². The highest BCUT2D eigenvalue weighted by Gasteiger charge is 2.28. The van der Waals surface area contributed by atoms with Crippen molar-refractivity contribution in [2.75, 3.05) is 18.5 Å². The fraction of sp³-hybridized carbons (Fsp3) is 0.300. The third-order valence-corrected chi connectivity index (χ3v) is 4.55. The number of para-hydroxylation sites is 1. The highest BCUT2D eigenvalue weighted by Crippen LogP contribution is 2.31. The molecule has 1 aliphatic carbocycles. The van der Waals surface area contributed by atoms with Gasteiger partial charge in [0.15, 0.2) is 0 Å². The lowest BCUT2D eigenvalue weighted by atomic mass is 10.1. The average molecular weight is 374 g/mol. The van der Waals surface area contributed by atoms with Crippen LogP contribution in [0.1, 0.15) is 33.6 Å². The smallest absolute Gasteiger partial charge is 0.258 e. The summed E-state index contributed by atoms with van der Waals surface area (Å²) in [5.41, 5.74) is 7.76. The third-order valence-electron chi connectivity index (χ3n) is 4.55. The average Bonchev–Trinajstić information content (AvgIpc) is 3.50. The fourth-order valence-corrected chi connectivity index (χ4v) is 2.76. The van der Waals surface area contributed by atoms with E-state index in [0.717, 1.165) is 18.5 Å². The molecule has 0 bridgehead atoms. The summed E-state index contributed by atoms with van der Waals surface area (Å²) in [4.78, 5) is 26.5. The van der Waals surface area contributed by atoms with Gasteiger partial charge in [0.1, 0.15) is 0 Å². The highest BCUT2D eigenvalue weighted by atomic mass is 35.5. The molecule has 2 aromatic carbocycles. The Balaban J connectivity index is 0.00000243. The second kappa shape index (κ2) is 8.83. The summed E-state index contributed by atoms with van der Waals surface area (Å²) >= 11 is 0. The molecule has 0 radical (unpaired) electrons. The number of nitrogens with zero attached hydrogens (tertiary/aromatic N) is 1. The molecule has 3 rings (SSSR count). The van der Waals surface area contributed by atoms with Crippen LogP contribution < -0.4 is 16.0 Å². The lowest BCUT2D eigenvalue weighted by molar-refractivity contribution is 0.0950. The summed E-state index contributed by atoms with van der Waals surface area (Å²) in [6.45, 7) is 0.464. The molecule has 2 amide bonds. The van der Waals surface area contributed by atoms with Crippen molar-refractivity contribution in [2.24, 2.45) is 11.7 Å². The van der Waals surface area contributed by atoms with E-state index in [1.165, 1.54) is 0 Å². The van der Waals surface area contributed by atoms with Gasteiger partial charge in [-0.1, -0.05) is 24.3 Å². The molecule has 3 N–H and O–H groups in total. The zero-order chi connectivity index (χ0) is 17.8. The van der Waals surface area contributed by atoms with E-state index in [1.807, 2.05) is 30.3 Å². The topological polar surface area (TPSA) is 75.4 Å². The molecule has 0 spiro atoms. The molecule has 26 heavy (non-hydrogen) atoms. The number of anilines is 1. The second-order valence-corrected chi connectivity index (χ2v) is 6.49. The SMILES string of the molecule is CN(C(=O)c1cccc(C(=O)NCC(N)C2CC2)c1)c1ccccc1.Cl. The number of benzene rings is 2. The minimum Gasteiger partial charge on any atom is -0.350 e. The van der Waals surface area contributed by atoms with Gasteiger partial charge in [-0.15, -0.1) is 12.4 Å². The zero-order valence-corrected chi connectivity index (χ0v) is 15.5. The van der Waals surface area contributed by atoms with Gasteiger partial charge >= 0.3 is 0 Å². The van der Waals surface area contributed by atoms with Crippen molar-refractivity contribution < 1.29 is 9.59 Å². The maximum Gasteiger partial charge on any atom is 0.258 e. The number of halogens is 1. The van der Waals surface area contributed by atoms with Crippen molar-refractivity contribution in [1.29, 1.82) is 0 Å². The van der Waals surface area contributed by atoms with Crippen LogP contribution in [0, 0.1) is 5.92 Å². The molecule has 0 saturated heterocycles. The third kappa shape index (κ3) is 4.84. The number of rotatable bonds is 6. The van der Waals surface area contributed by atoms with E-state index >= 15 is 0 Å². The van der Waals surface area contributed by atoms with Crippen LogP contribution in [0.25, 0.3) is 0 Å². The Morgan fingerprint density at radius 2 is 1.77 bits per heavy atom. The maximum atomic E-state index is 12.7. The molecule has 1 unspecified atom stereocenters. The minimum atomic E-state index is -0.201. The molecule has 6 heteroatoms. The van der Waals surface area contributed by atoms with Crippen LogP contribution in [0.5, 0.6) is 0 Å². The molecule has 1 fully saturated rings. The van der Waals surface area contributed by atoms with Gasteiger partial charge in [-0.3, -0.25) is 9.59 Å². The Morgan fingerprint density at radius 1 is 1.12 bits per heavy atom. The van der Waals surface area contributed by atoms with Crippen molar-refractivity contribution >= 4 is 29.9 Å². The first-order valence-electron chi connectivity index (χ1n) is 8.53. The van der Waals surface area contributed by atoms with Gasteiger partial charge in [0.25, 0.3) is 11.8 Å². The molecule has 0 aromatic heterocycles. The lowest BCUT2D eigenvalue weighted by Crippen LogP contribution is -2.38. The monoisotopic (exact) mass is 373 g/mol. The van der Waals surface area contributed by atoms with Gasteiger partial charge in [0, 0.05) is 36.4 Å². The van der Waals surface area contributed by atoms with Gasteiger partial charge in [-0.2, -0.15) is 0 Å². The largest absolute Gasteiger partial charge is 0.350 e. The van der Waals surface area contributed by atoms with E-state index in [1.54, 1.807) is 36.2 Å². The summed E-state index contributed by atoms with van der Waals surface area (Å²) < 4.78 is 0. The van der Waals surface area contributed by atoms with Crippen molar-refractivity contribution in [1.82, 2.24) is 5.32 Å². The van der Waals surface area contributed by atoms with E-state index in [9.17, 15) is 9.59 Å². The van der Waals surface area contributed by atoms with E-state index < -0.39 is 0 Å². The summed E-state index contributed by atoms with van der Waals surface area (Å²) in [6.07, 6.45) is 2.29. The number of carbonyl (C=O) groups is 2. The first-order chi connectivity index (χ1) is 12.1. The Morgan fingerprint density at radius 3 is 2.42 bits per heavy atom. The number of hydrogen-bond donors (Lipinski definition) is 2. The number of amides is 2. The second-order valence-electron chi connectivity index (χ2n) is 6.49. The van der Waals surface area contributed by atoms with E-state index in [2.05, 4.69) is 5.32 Å². The minimum absolute atomic E-state index is 0. The summed E-state index contributed by atoms with van der Waals surface area (Å²) in [7, 11) is 1.72. The fourth-order valence-electron chi connectivity index (χ4n) is 2.76. The van der Waals surface area contributed by atoms with Crippen LogP contribution in [0.15, 0.2) is 54.6 Å². The van der Waals surface area contributed by atoms with Crippen LogP contribution in [0.4, 0.5) is 5.69 Å². The van der Waals surface area contributed by atoms with Crippen LogP contribution in [0.2, 0.25) is 0 Å². The Labute approximate surface area is 160 Å². The van der Waals surface area contributed by atoms with Crippen LogP contribution in [-0.4, -0.2) is 31.4 Å². The van der Waals surface area contributed by atoms with Gasteiger partial charge in [0.05, 0.1) is 0 Å². The maximum absolute atomic E-state index is 12.7. The molecule has 5 nitrogen and oxygen atoms in total. The molecule has 0 aliphatic heterocycles. The predicted octanol–water partition coefficient (Wildman–Crippen LogP) is 2.85. The number of nitrogens with one attached hydrogen (secondary N) is 1. The van der Waals surface area contributed by atoms with Crippen molar-refractivity contribution in [3.8, 4) is 0 Å². The lowest BCUT2D eigenvalue weighted by Gasteiger charge is -2.18. The molecule has 138 valence electrons. The summed E-state index contributed by atoms with van der Waals surface area (Å²) in [5, 5.41) is 2.86. The zero-order valence-electron chi connectivity index (χ0n) is 14.7. The molecule has 1 atom stereocenters. The molecule has 1 saturated carbocycles. The van der Waals surface area contributed by atoms with Crippen LogP contribution >= 0.6 is 12.4 Å². The van der Waals surface area contributed by atoms with Crippen molar-refractivity contribution in [3.05, 3.63) is 65.7 Å². The number of hydrogen-bond acceptors (Lipinski definition) is 3. The number of nitrogens with two attached hydrogens (primary N) is 1. The quantitative estimate of drug-likeness (QED) is 0.817. The summed E-state index contributed by atoms with van der Waals surface area (Å²) in [5.74, 6) is 0.177. The molecule has 2 aromatic rings. The van der Waals surface area contributed by atoms with Crippen LogP contribution in [0.3, 0.4) is 0 Å². The highest BCUT2D eigenvalue weighted by molar-refractivity contribution is 6.07. The first kappa shape index (κ1) is 19.9. The van der Waals surface area contributed by atoms with Crippen molar-refractivity contribution in [3.63, 3.8) is 0 Å². The first-order valence-corrected chi connectivity index (χ1v) is 8.53. The Hall–Kier alpha value is -2.37. The van der Waals surface area contributed by atoms with Gasteiger partial charge in [0.2, 0.25) is 0 Å². The summed E-state index contributed by atoms with van der Waals surface area (Å²) in [6, 6.07) is 16.2. The van der Waals surface area contributed by atoms with Gasteiger partial charge < -0.3 is 16.0 Å². The molecular formula is C20H24ClN3O2. The van der Waals surface area contributed by atoms with E-state index in [4.69, 9.17) is 5.73 Å².